The van der Waals surface area contributed by atoms with Gasteiger partial charge in [-0.2, -0.15) is 0 Å². The first-order valence-corrected chi connectivity index (χ1v) is 40.4. The first-order valence-electron chi connectivity index (χ1n) is 37.7. The van der Waals surface area contributed by atoms with Crippen LogP contribution >= 0.6 is 59.4 Å². The average Bonchev–Trinajstić information content (AvgIpc) is 0.821. The van der Waals surface area contributed by atoms with Crippen molar-refractivity contribution in [2.45, 2.75) is 46.0 Å². The van der Waals surface area contributed by atoms with Crippen LogP contribution in [0, 0.1) is 11.7 Å². The normalized spacial score (nSPS) is 11.8. The second-order valence-corrected chi connectivity index (χ2v) is 31.3. The van der Waals surface area contributed by atoms with E-state index in [-0.39, 0.29) is 17.6 Å². The fourth-order valence-electron chi connectivity index (χ4n) is 13.4. The van der Waals surface area contributed by atoms with Gasteiger partial charge in [0, 0.05) is 163 Å². The number of para-hydroxylation sites is 5. The van der Waals surface area contributed by atoms with Crippen LogP contribution in [0.2, 0.25) is 5.02 Å². The molecule has 0 spiro atoms. The number of halogens is 5. The van der Waals surface area contributed by atoms with E-state index >= 15 is 0 Å². The molecular formula is C91H90Br3ClFN17O. The van der Waals surface area contributed by atoms with Gasteiger partial charge in [0.1, 0.15) is 34.9 Å². The predicted octanol–water partition coefficient (Wildman–Crippen LogP) is 22.3. The van der Waals surface area contributed by atoms with E-state index < -0.39 is 0 Å². The van der Waals surface area contributed by atoms with Crippen LogP contribution in [-0.2, 0) is 4.79 Å². The molecule has 114 heavy (non-hydrogen) atoms. The number of aromatic nitrogens is 10. The van der Waals surface area contributed by atoms with E-state index in [4.69, 9.17) is 46.5 Å². The Morgan fingerprint density at radius 2 is 0.737 bits per heavy atom. The third-order valence-corrected chi connectivity index (χ3v) is 21.3. The second-order valence-electron chi connectivity index (χ2n) is 28.2. The lowest BCUT2D eigenvalue weighted by atomic mass is 9.88. The number of hydrogen-bond acceptors (Lipinski definition) is 17. The van der Waals surface area contributed by atoms with Gasteiger partial charge in [0.15, 0.2) is 29.1 Å². The molecule has 1 amide bonds. The number of benzene rings is 10. The van der Waals surface area contributed by atoms with Gasteiger partial charge >= 0.3 is 0 Å². The van der Waals surface area contributed by atoms with Crippen molar-refractivity contribution in [1.29, 1.82) is 0 Å². The topological polar surface area (TPSA) is 177 Å². The minimum Gasteiger partial charge on any atom is -0.377 e. The van der Waals surface area contributed by atoms with Crippen molar-refractivity contribution in [2.75, 3.05) is 118 Å². The van der Waals surface area contributed by atoms with Crippen molar-refractivity contribution >= 4 is 160 Å². The van der Waals surface area contributed by atoms with Gasteiger partial charge in [-0.05, 0) is 148 Å². The molecule has 1 aliphatic rings. The van der Waals surface area contributed by atoms with Crippen molar-refractivity contribution in [3.8, 4) is 56.9 Å². The van der Waals surface area contributed by atoms with Gasteiger partial charge in [-0.3, -0.25) is 4.79 Å². The summed E-state index contributed by atoms with van der Waals surface area (Å²) in [6.07, 6.45) is 5.47. The maximum atomic E-state index is 14.0. The number of rotatable bonds is 15. The molecule has 23 heteroatoms. The quantitative estimate of drug-likeness (QED) is 0.102. The summed E-state index contributed by atoms with van der Waals surface area (Å²) in [6.45, 7) is 6.15. The van der Waals surface area contributed by atoms with Crippen LogP contribution in [0.15, 0.2) is 244 Å². The van der Waals surface area contributed by atoms with Crippen molar-refractivity contribution < 1.29 is 9.18 Å². The van der Waals surface area contributed by atoms with Crippen molar-refractivity contribution in [1.82, 2.24) is 49.8 Å². The van der Waals surface area contributed by atoms with Gasteiger partial charge < -0.3 is 34.7 Å². The monoisotopic (exact) mass is 1730 g/mol. The Morgan fingerprint density at radius 3 is 1.21 bits per heavy atom. The van der Waals surface area contributed by atoms with Crippen LogP contribution in [0.4, 0.5) is 44.9 Å². The lowest BCUT2D eigenvalue weighted by Gasteiger charge is -2.22. The number of nitrogens with zero attached hydrogens (tertiary/aromatic N) is 16. The van der Waals surface area contributed by atoms with E-state index in [1.54, 1.807) is 18.2 Å². The molecule has 15 aromatic rings. The van der Waals surface area contributed by atoms with Crippen LogP contribution in [0.5, 0.6) is 0 Å². The zero-order valence-electron chi connectivity index (χ0n) is 65.9. The molecule has 1 aliphatic carbocycles. The minimum atomic E-state index is -0.321. The Hall–Kier alpha value is -11.2. The number of fused-ring (bicyclic) bond motifs is 5. The molecule has 1 saturated carbocycles. The van der Waals surface area contributed by atoms with Crippen molar-refractivity contribution in [2.24, 2.45) is 5.92 Å². The Morgan fingerprint density at radius 1 is 0.377 bits per heavy atom. The largest absolute Gasteiger partial charge is 0.377 e. The molecule has 18 nitrogen and oxygen atoms in total. The maximum absolute atomic E-state index is 14.0. The highest BCUT2D eigenvalue weighted by atomic mass is 79.9. The molecule has 1 fully saturated rings. The fourth-order valence-corrected chi connectivity index (χ4v) is 14.9. The molecule has 0 bridgehead atoms. The van der Waals surface area contributed by atoms with E-state index in [0.29, 0.717) is 28.1 Å². The molecule has 0 atom stereocenters. The SMILES string of the molecule is CCN(CC)c1nc(-c2ccccc2Br)nc2ccccc12.CN(C)c1ccccc1-c1nc(N(C)C)c2cc(Cl)ccc2n1.CN(C)c1nc(-c2ccccc2Br)nc2ccccc12.CN(C)c1nc(-c2ccccc2F)nc2ccc(Br)cc12.CN(C)c1nc(-c2ccccc2NC(=O)C2CCCCC2)nc2ccccc12. The number of hydrogen-bond donors (Lipinski definition) is 1. The zero-order chi connectivity index (χ0) is 80.7. The zero-order valence-corrected chi connectivity index (χ0v) is 71.4. The molecule has 0 aliphatic heterocycles. The highest BCUT2D eigenvalue weighted by Gasteiger charge is 2.24. The molecule has 0 radical (unpaired) electrons. The van der Waals surface area contributed by atoms with Crippen LogP contribution in [0.1, 0.15) is 46.0 Å². The molecule has 10 aromatic carbocycles. The number of nitrogens with one attached hydrogen (secondary N) is 1. The summed E-state index contributed by atoms with van der Waals surface area (Å²) in [4.78, 5) is 72.2. The standard InChI is InChI=1S/C23H26N4O.C18H18BrN3.C18H19ClN4.C16H13BrFN3.C16H14BrN3/c1-27(2)22-18-13-7-9-15-20(18)24-21(26-22)17-12-6-8-14-19(17)25-23(28)16-10-4-3-5-11-16;1-3-22(4-2)18-14-10-6-8-12-16(14)20-17(21-18)13-9-5-7-11-15(13)19;1-22(2)16-8-6-5-7-13(16)17-20-15-10-9-12(19)11-14(15)18(21-17)23(3)4;1-21(2)16-12-9-10(17)7-8-14(12)19-15(20-16)11-5-3-4-6-13(11)18;1-20(2)16-12-8-4-6-10-14(12)18-15(19-16)11-7-3-5-9-13(11)17/h6-9,12-16H,3-5,10-11H2,1-2H3,(H,25,28);5-12H,3-4H2,1-2H3;5-11H,1-4H3;3-9H,1-2H3;3-10H,1-2H3. The minimum absolute atomic E-state index is 0.108. The summed E-state index contributed by atoms with van der Waals surface area (Å²) >= 11 is 16.8. The summed E-state index contributed by atoms with van der Waals surface area (Å²) in [5.74, 6) is 7.56. The summed E-state index contributed by atoms with van der Waals surface area (Å²) in [6, 6.07) is 74.3. The van der Waals surface area contributed by atoms with Crippen LogP contribution in [0.3, 0.4) is 0 Å². The van der Waals surface area contributed by atoms with Gasteiger partial charge in [-0.1, -0.05) is 188 Å². The molecule has 5 aromatic heterocycles. The number of carbonyl (C=O) groups is 1. The Labute approximate surface area is 696 Å². The van der Waals surface area contributed by atoms with Crippen LogP contribution in [-0.4, -0.2) is 139 Å². The molecule has 0 saturated heterocycles. The Bertz CT molecular complexity index is 5900. The van der Waals surface area contributed by atoms with Crippen molar-refractivity contribution in [3.05, 3.63) is 255 Å². The van der Waals surface area contributed by atoms with E-state index in [9.17, 15) is 9.18 Å². The Kier molecular flexibility index (Phi) is 27.5. The average molecular weight is 1730 g/mol. The van der Waals surface area contributed by atoms with Crippen LogP contribution < -0.4 is 34.7 Å². The number of carbonyl (C=O) groups excluding carboxylic acids is 1. The summed E-state index contributed by atoms with van der Waals surface area (Å²) in [7, 11) is 19.8. The fraction of sp³-hybridized carbons (Fsp3) is 0.220. The molecule has 16 rings (SSSR count). The molecule has 580 valence electrons. The van der Waals surface area contributed by atoms with Gasteiger partial charge in [0.2, 0.25) is 5.91 Å². The molecule has 0 unspecified atom stereocenters. The highest BCUT2D eigenvalue weighted by molar-refractivity contribution is 9.11. The van der Waals surface area contributed by atoms with E-state index in [1.807, 2.05) is 278 Å². The lowest BCUT2D eigenvalue weighted by molar-refractivity contribution is -0.120. The van der Waals surface area contributed by atoms with Gasteiger partial charge in [-0.15, -0.1) is 0 Å². The molecule has 1 N–H and O–H groups in total. The predicted molar refractivity (Wildman–Crippen MR) is 483 cm³/mol. The molecule has 5 heterocycles. The smallest absolute Gasteiger partial charge is 0.227 e. The summed E-state index contributed by atoms with van der Waals surface area (Å²) in [5, 5.41) is 8.88. The van der Waals surface area contributed by atoms with E-state index in [2.05, 4.69) is 110 Å². The third-order valence-electron chi connectivity index (χ3n) is 19.2. The second kappa shape index (κ2) is 38.1. The number of anilines is 7. The lowest BCUT2D eigenvalue weighted by Crippen LogP contribution is -2.25. The maximum Gasteiger partial charge on any atom is 0.227 e. The first kappa shape index (κ1) is 82.3. The third kappa shape index (κ3) is 19.5. The van der Waals surface area contributed by atoms with Gasteiger partial charge in [0.25, 0.3) is 0 Å². The van der Waals surface area contributed by atoms with E-state index in [0.717, 1.165) is 181 Å². The van der Waals surface area contributed by atoms with Gasteiger partial charge in [-0.25, -0.2) is 54.2 Å². The van der Waals surface area contributed by atoms with Crippen LogP contribution in [0.25, 0.3) is 111 Å². The Balaban J connectivity index is 0.000000132. The summed E-state index contributed by atoms with van der Waals surface area (Å²) < 4.78 is 16.9. The van der Waals surface area contributed by atoms with E-state index in [1.165, 1.54) is 12.5 Å². The number of amides is 1. The van der Waals surface area contributed by atoms with Gasteiger partial charge in [0.05, 0.1) is 38.8 Å². The summed E-state index contributed by atoms with van der Waals surface area (Å²) in [5.41, 5.74) is 10.6. The molecular weight excluding hydrogens is 1640 g/mol. The first-order chi connectivity index (χ1) is 55.1. The van der Waals surface area contributed by atoms with Crippen molar-refractivity contribution in [3.63, 3.8) is 0 Å². The highest BCUT2D eigenvalue weighted by Crippen LogP contribution is 2.38.